The summed E-state index contributed by atoms with van der Waals surface area (Å²) in [4.78, 5) is 12.3. The van der Waals surface area contributed by atoms with E-state index >= 15 is 0 Å². The van der Waals surface area contributed by atoms with Gasteiger partial charge in [0.1, 0.15) is 0 Å². The summed E-state index contributed by atoms with van der Waals surface area (Å²) in [5.74, 6) is -0.261. The molecule has 2 aromatic carbocycles. The molecule has 126 valence electrons. The van der Waals surface area contributed by atoms with E-state index in [1.807, 2.05) is 13.0 Å². The predicted molar refractivity (Wildman–Crippen MR) is 96.4 cm³/mol. The first-order valence-electron chi connectivity index (χ1n) is 7.59. The summed E-state index contributed by atoms with van der Waals surface area (Å²) in [5.41, 5.74) is 1.31. The number of para-hydroxylation sites is 2. The molecule has 0 aliphatic heterocycles. The van der Waals surface area contributed by atoms with Crippen LogP contribution in [0.3, 0.4) is 0 Å². The summed E-state index contributed by atoms with van der Waals surface area (Å²) < 4.78 is 27.4. The van der Waals surface area contributed by atoms with Gasteiger partial charge in [-0.1, -0.05) is 43.3 Å². The van der Waals surface area contributed by atoms with Crippen LogP contribution in [0.2, 0.25) is 0 Å². The fourth-order valence-electron chi connectivity index (χ4n) is 2.10. The molecule has 0 saturated heterocycles. The molecule has 0 saturated carbocycles. The van der Waals surface area contributed by atoms with Crippen LogP contribution >= 0.6 is 0 Å². The second-order valence-electron chi connectivity index (χ2n) is 5.21. The van der Waals surface area contributed by atoms with Crippen molar-refractivity contribution >= 4 is 27.3 Å². The van der Waals surface area contributed by atoms with E-state index in [4.69, 9.17) is 0 Å². The molecule has 2 rings (SSSR count). The molecule has 0 radical (unpaired) electrons. The SMILES string of the molecule is CCC=C(C)C(=O)Nc1ccccc1NS(=O)(=O)c1ccccc1. The molecule has 2 N–H and O–H groups in total. The second kappa shape index (κ2) is 7.79. The average Bonchev–Trinajstić information content (AvgIpc) is 2.57. The number of benzene rings is 2. The summed E-state index contributed by atoms with van der Waals surface area (Å²) in [6.07, 6.45) is 2.56. The summed E-state index contributed by atoms with van der Waals surface area (Å²) >= 11 is 0. The Labute approximate surface area is 142 Å². The molecule has 24 heavy (non-hydrogen) atoms. The number of hydrogen-bond donors (Lipinski definition) is 2. The van der Waals surface area contributed by atoms with Gasteiger partial charge in [-0.05, 0) is 37.6 Å². The number of sulfonamides is 1. The van der Waals surface area contributed by atoms with Crippen LogP contribution in [0.15, 0.2) is 71.1 Å². The maximum atomic E-state index is 12.4. The van der Waals surface area contributed by atoms with Crippen LogP contribution in [0.1, 0.15) is 20.3 Å². The minimum absolute atomic E-state index is 0.160. The van der Waals surface area contributed by atoms with Crippen LogP contribution in [0, 0.1) is 0 Å². The molecular weight excluding hydrogens is 324 g/mol. The third-order valence-electron chi connectivity index (χ3n) is 3.34. The molecular formula is C18H20N2O3S. The van der Waals surface area contributed by atoms with Crippen LogP contribution in [-0.4, -0.2) is 14.3 Å². The largest absolute Gasteiger partial charge is 0.320 e. The van der Waals surface area contributed by atoms with Gasteiger partial charge in [0, 0.05) is 5.57 Å². The first kappa shape index (κ1) is 17.7. The van der Waals surface area contributed by atoms with E-state index in [9.17, 15) is 13.2 Å². The van der Waals surface area contributed by atoms with E-state index in [1.54, 1.807) is 49.4 Å². The molecule has 0 atom stereocenters. The smallest absolute Gasteiger partial charge is 0.261 e. The lowest BCUT2D eigenvalue weighted by Gasteiger charge is -2.13. The first-order chi connectivity index (χ1) is 11.4. The molecule has 1 amide bonds. The maximum Gasteiger partial charge on any atom is 0.261 e. The van der Waals surface area contributed by atoms with Gasteiger partial charge in [0.2, 0.25) is 0 Å². The third-order valence-corrected chi connectivity index (χ3v) is 4.72. The van der Waals surface area contributed by atoms with E-state index in [0.29, 0.717) is 16.9 Å². The molecule has 5 nitrogen and oxygen atoms in total. The Kier molecular flexibility index (Phi) is 5.76. The van der Waals surface area contributed by atoms with E-state index in [1.165, 1.54) is 12.1 Å². The van der Waals surface area contributed by atoms with Crippen LogP contribution in [0.5, 0.6) is 0 Å². The molecule has 0 aliphatic rings. The number of anilines is 2. The van der Waals surface area contributed by atoms with E-state index in [0.717, 1.165) is 6.42 Å². The van der Waals surface area contributed by atoms with Crippen LogP contribution in [0.25, 0.3) is 0 Å². The van der Waals surface area contributed by atoms with Crippen molar-refractivity contribution in [2.75, 3.05) is 10.0 Å². The summed E-state index contributed by atoms with van der Waals surface area (Å²) in [7, 11) is -3.72. The minimum Gasteiger partial charge on any atom is -0.320 e. The Morgan fingerprint density at radius 3 is 2.21 bits per heavy atom. The van der Waals surface area contributed by atoms with Crippen molar-refractivity contribution in [3.05, 3.63) is 66.2 Å². The summed E-state index contributed by atoms with van der Waals surface area (Å²) in [6, 6.07) is 14.8. The molecule has 0 bridgehead atoms. The van der Waals surface area contributed by atoms with Gasteiger partial charge >= 0.3 is 0 Å². The summed E-state index contributed by atoms with van der Waals surface area (Å²) in [5, 5.41) is 2.73. The number of amides is 1. The topological polar surface area (TPSA) is 75.3 Å². The van der Waals surface area contributed by atoms with Gasteiger partial charge in [-0.2, -0.15) is 0 Å². The molecule has 0 unspecified atom stereocenters. The second-order valence-corrected chi connectivity index (χ2v) is 6.90. The average molecular weight is 344 g/mol. The van der Waals surface area contributed by atoms with Gasteiger partial charge in [-0.25, -0.2) is 8.42 Å². The highest BCUT2D eigenvalue weighted by Gasteiger charge is 2.16. The van der Waals surface area contributed by atoms with E-state index in [-0.39, 0.29) is 10.8 Å². The molecule has 2 aromatic rings. The molecule has 0 aliphatic carbocycles. The van der Waals surface area contributed by atoms with Crippen LogP contribution in [0.4, 0.5) is 11.4 Å². The molecule has 0 heterocycles. The van der Waals surface area contributed by atoms with Gasteiger partial charge in [0.05, 0.1) is 16.3 Å². The number of nitrogens with one attached hydrogen (secondary N) is 2. The van der Waals surface area contributed by atoms with E-state index < -0.39 is 10.0 Å². The van der Waals surface area contributed by atoms with Crippen molar-refractivity contribution in [1.29, 1.82) is 0 Å². The first-order valence-corrected chi connectivity index (χ1v) is 9.07. The quantitative estimate of drug-likeness (QED) is 0.783. The van der Waals surface area contributed by atoms with Crippen molar-refractivity contribution in [2.24, 2.45) is 0 Å². The lowest BCUT2D eigenvalue weighted by atomic mass is 10.2. The Bertz CT molecular complexity index is 844. The highest BCUT2D eigenvalue weighted by Crippen LogP contribution is 2.24. The van der Waals surface area contributed by atoms with Gasteiger partial charge in [0.15, 0.2) is 0 Å². The standard InChI is InChI=1S/C18H20N2O3S/c1-3-9-14(2)18(21)19-16-12-7-8-13-17(16)20-24(22,23)15-10-5-4-6-11-15/h4-13,20H,3H2,1-2H3,(H,19,21). The van der Waals surface area contributed by atoms with Crippen molar-refractivity contribution in [3.8, 4) is 0 Å². The molecule has 6 heteroatoms. The monoisotopic (exact) mass is 344 g/mol. The molecule has 0 aromatic heterocycles. The molecule has 0 spiro atoms. The fourth-order valence-corrected chi connectivity index (χ4v) is 3.21. The Morgan fingerprint density at radius 2 is 1.58 bits per heavy atom. The van der Waals surface area contributed by atoms with Gasteiger partial charge in [0.25, 0.3) is 15.9 Å². The number of allylic oxidation sites excluding steroid dienone is 1. The van der Waals surface area contributed by atoms with Crippen LogP contribution in [-0.2, 0) is 14.8 Å². The highest BCUT2D eigenvalue weighted by atomic mass is 32.2. The predicted octanol–water partition coefficient (Wildman–Crippen LogP) is 3.78. The van der Waals surface area contributed by atoms with Gasteiger partial charge < -0.3 is 5.32 Å². The Morgan fingerprint density at radius 1 is 1.00 bits per heavy atom. The normalized spacial score (nSPS) is 11.8. The number of rotatable bonds is 6. The number of carbonyl (C=O) groups excluding carboxylic acids is 1. The summed E-state index contributed by atoms with van der Waals surface area (Å²) in [6.45, 7) is 3.66. The fraction of sp³-hybridized carbons (Fsp3) is 0.167. The van der Waals surface area contributed by atoms with Crippen molar-refractivity contribution in [1.82, 2.24) is 0 Å². The zero-order valence-corrected chi connectivity index (χ0v) is 14.4. The lowest BCUT2D eigenvalue weighted by molar-refractivity contribution is -0.112. The minimum atomic E-state index is -3.72. The maximum absolute atomic E-state index is 12.4. The third kappa shape index (κ3) is 4.45. The lowest BCUT2D eigenvalue weighted by Crippen LogP contribution is -2.17. The van der Waals surface area contributed by atoms with Crippen molar-refractivity contribution < 1.29 is 13.2 Å². The van der Waals surface area contributed by atoms with Crippen LogP contribution < -0.4 is 10.0 Å². The number of carbonyl (C=O) groups is 1. The van der Waals surface area contributed by atoms with Gasteiger partial charge in [-0.3, -0.25) is 9.52 Å². The zero-order valence-electron chi connectivity index (χ0n) is 13.6. The van der Waals surface area contributed by atoms with E-state index in [2.05, 4.69) is 10.0 Å². The van der Waals surface area contributed by atoms with Crippen molar-refractivity contribution in [3.63, 3.8) is 0 Å². The highest BCUT2D eigenvalue weighted by molar-refractivity contribution is 7.92. The number of hydrogen-bond acceptors (Lipinski definition) is 3. The van der Waals surface area contributed by atoms with Gasteiger partial charge in [-0.15, -0.1) is 0 Å². The Hall–Kier alpha value is -2.60. The van der Waals surface area contributed by atoms with Crippen molar-refractivity contribution in [2.45, 2.75) is 25.2 Å². The zero-order chi connectivity index (χ0) is 17.6. The Balaban J connectivity index is 2.27. The molecule has 0 fully saturated rings.